The van der Waals surface area contributed by atoms with Gasteiger partial charge in [0.2, 0.25) is 0 Å². The molecule has 4 aromatic rings. The van der Waals surface area contributed by atoms with Gasteiger partial charge in [-0.15, -0.1) is 0 Å². The highest BCUT2D eigenvalue weighted by atomic mass is 19.1. The lowest BCUT2D eigenvalue weighted by atomic mass is 10.0. The van der Waals surface area contributed by atoms with Crippen molar-refractivity contribution in [2.45, 2.75) is 13.1 Å². The number of benzene rings is 3. The Bertz CT molecular complexity index is 1370. The molecular formula is C26H22FN5O2. The second-order valence-electron chi connectivity index (χ2n) is 8.06. The average Bonchev–Trinajstić information content (AvgIpc) is 3.24. The number of nitrogens with one attached hydrogen (secondary N) is 1. The predicted octanol–water partition coefficient (Wildman–Crippen LogP) is 4.50. The number of nitrogens with two attached hydrogens (primary N) is 1. The Morgan fingerprint density at radius 3 is 2.29 bits per heavy atom. The molecule has 0 aliphatic carbocycles. The number of hydrogen-bond acceptors (Lipinski definition) is 3. The zero-order chi connectivity index (χ0) is 23.7. The molecule has 0 spiro atoms. The van der Waals surface area contributed by atoms with Gasteiger partial charge in [-0.05, 0) is 35.4 Å². The lowest BCUT2D eigenvalue weighted by molar-refractivity contribution is 0.0997. The molecule has 1 aromatic heterocycles. The lowest BCUT2D eigenvalue weighted by Crippen LogP contribution is -2.41. The number of aromatic nitrogens is 2. The molecule has 1 aliphatic heterocycles. The fraction of sp³-hybridized carbons (Fsp3) is 0.115. The second kappa shape index (κ2) is 8.82. The Labute approximate surface area is 195 Å². The van der Waals surface area contributed by atoms with Gasteiger partial charge in [0.1, 0.15) is 11.5 Å². The molecule has 0 saturated heterocycles. The van der Waals surface area contributed by atoms with Gasteiger partial charge in [-0.3, -0.25) is 9.48 Å². The number of rotatable bonds is 4. The maximum absolute atomic E-state index is 13.8. The fourth-order valence-corrected chi connectivity index (χ4v) is 4.17. The standard InChI is InChI=1S/C26H22FN5O2/c27-20-8-4-7-19(15-20)24-23(25(28)33)22-16-31(13-14-32(22)30-24)26(34)29-21-11-9-18(10-12-21)17-5-2-1-3-6-17/h1-12,15H,13-14,16H2,(H2,28,33)(H,29,34). The summed E-state index contributed by atoms with van der Waals surface area (Å²) in [6.07, 6.45) is 0. The Morgan fingerprint density at radius 1 is 0.882 bits per heavy atom. The van der Waals surface area contributed by atoms with Gasteiger partial charge >= 0.3 is 6.03 Å². The molecule has 3 aromatic carbocycles. The summed E-state index contributed by atoms with van der Waals surface area (Å²) in [6.45, 7) is 0.962. The molecule has 34 heavy (non-hydrogen) atoms. The summed E-state index contributed by atoms with van der Waals surface area (Å²) in [6, 6.07) is 23.2. The number of halogens is 1. The van der Waals surface area contributed by atoms with Gasteiger partial charge < -0.3 is 16.0 Å². The van der Waals surface area contributed by atoms with Crippen LogP contribution in [0.5, 0.6) is 0 Å². The Balaban J connectivity index is 1.35. The summed E-state index contributed by atoms with van der Waals surface area (Å²) in [5, 5.41) is 7.40. The van der Waals surface area contributed by atoms with Gasteiger partial charge in [-0.2, -0.15) is 5.10 Å². The van der Waals surface area contributed by atoms with E-state index in [1.165, 1.54) is 12.1 Å². The van der Waals surface area contributed by atoms with Crippen LogP contribution < -0.4 is 11.1 Å². The normalized spacial score (nSPS) is 12.8. The van der Waals surface area contributed by atoms with Crippen molar-refractivity contribution in [3.63, 3.8) is 0 Å². The first kappa shape index (κ1) is 21.4. The van der Waals surface area contributed by atoms with Gasteiger partial charge in [-0.1, -0.05) is 54.6 Å². The maximum atomic E-state index is 13.8. The molecule has 0 atom stereocenters. The minimum absolute atomic E-state index is 0.161. The van der Waals surface area contributed by atoms with Crippen molar-refractivity contribution >= 4 is 17.6 Å². The van der Waals surface area contributed by atoms with Crippen LogP contribution in [0.4, 0.5) is 14.9 Å². The van der Waals surface area contributed by atoms with Crippen molar-refractivity contribution in [1.82, 2.24) is 14.7 Å². The van der Waals surface area contributed by atoms with Crippen molar-refractivity contribution < 1.29 is 14.0 Å². The number of carbonyl (C=O) groups is 2. The first-order valence-corrected chi connectivity index (χ1v) is 10.9. The van der Waals surface area contributed by atoms with E-state index in [9.17, 15) is 14.0 Å². The monoisotopic (exact) mass is 455 g/mol. The zero-order valence-electron chi connectivity index (χ0n) is 18.2. The summed E-state index contributed by atoms with van der Waals surface area (Å²) in [5.41, 5.74) is 10.00. The van der Waals surface area contributed by atoms with Crippen LogP contribution in [0.15, 0.2) is 78.9 Å². The Hall–Kier alpha value is -4.46. The molecule has 7 nitrogen and oxygen atoms in total. The van der Waals surface area contributed by atoms with Gasteiger partial charge in [0.25, 0.3) is 5.91 Å². The highest BCUT2D eigenvalue weighted by Gasteiger charge is 2.29. The van der Waals surface area contributed by atoms with Crippen LogP contribution in [0.2, 0.25) is 0 Å². The SMILES string of the molecule is NC(=O)c1c(-c2cccc(F)c2)nn2c1CN(C(=O)Nc1ccc(-c3ccccc3)cc1)CC2. The Morgan fingerprint density at radius 2 is 1.59 bits per heavy atom. The van der Waals surface area contributed by atoms with Crippen LogP contribution in [0.1, 0.15) is 16.1 Å². The van der Waals surface area contributed by atoms with E-state index in [1.807, 2.05) is 54.6 Å². The largest absolute Gasteiger partial charge is 0.365 e. The average molecular weight is 455 g/mol. The predicted molar refractivity (Wildman–Crippen MR) is 127 cm³/mol. The third-order valence-electron chi connectivity index (χ3n) is 5.85. The second-order valence-corrected chi connectivity index (χ2v) is 8.06. The third-order valence-corrected chi connectivity index (χ3v) is 5.85. The minimum Gasteiger partial charge on any atom is -0.365 e. The number of amides is 3. The molecular weight excluding hydrogens is 433 g/mol. The van der Waals surface area contributed by atoms with Crippen molar-refractivity contribution in [3.8, 4) is 22.4 Å². The molecule has 0 fully saturated rings. The van der Waals surface area contributed by atoms with Crippen LogP contribution in [-0.2, 0) is 13.1 Å². The van der Waals surface area contributed by atoms with E-state index in [1.54, 1.807) is 21.7 Å². The van der Waals surface area contributed by atoms with Crippen molar-refractivity contribution in [2.24, 2.45) is 5.73 Å². The molecule has 8 heteroatoms. The van der Waals surface area contributed by atoms with Crippen molar-refractivity contribution in [3.05, 3.63) is 95.9 Å². The van der Waals surface area contributed by atoms with E-state index in [-0.39, 0.29) is 18.1 Å². The van der Waals surface area contributed by atoms with Gasteiger partial charge in [0.15, 0.2) is 0 Å². The molecule has 2 heterocycles. The summed E-state index contributed by atoms with van der Waals surface area (Å²) in [4.78, 5) is 26.8. The molecule has 0 unspecified atom stereocenters. The van der Waals surface area contributed by atoms with Crippen molar-refractivity contribution in [2.75, 3.05) is 11.9 Å². The molecule has 3 N–H and O–H groups in total. The summed E-state index contributed by atoms with van der Waals surface area (Å²) in [5.74, 6) is -1.10. The Kier molecular flexibility index (Phi) is 5.55. The number of anilines is 1. The van der Waals surface area contributed by atoms with Crippen LogP contribution >= 0.6 is 0 Å². The van der Waals surface area contributed by atoms with Gasteiger partial charge in [0, 0.05) is 17.8 Å². The first-order chi connectivity index (χ1) is 16.5. The molecule has 0 bridgehead atoms. The number of primary amides is 1. The van der Waals surface area contributed by atoms with E-state index >= 15 is 0 Å². The summed E-state index contributed by atoms with van der Waals surface area (Å²) in [7, 11) is 0. The molecule has 0 saturated carbocycles. The van der Waals surface area contributed by atoms with E-state index in [4.69, 9.17) is 5.73 Å². The molecule has 5 rings (SSSR count). The summed E-state index contributed by atoms with van der Waals surface area (Å²) >= 11 is 0. The van der Waals surface area contributed by atoms with E-state index in [2.05, 4.69) is 10.4 Å². The van der Waals surface area contributed by atoms with E-state index in [0.717, 1.165) is 11.1 Å². The van der Waals surface area contributed by atoms with Crippen LogP contribution in [-0.4, -0.2) is 33.2 Å². The number of hydrogen-bond donors (Lipinski definition) is 2. The minimum atomic E-state index is -0.667. The number of nitrogens with zero attached hydrogens (tertiary/aromatic N) is 3. The summed E-state index contributed by atoms with van der Waals surface area (Å²) < 4.78 is 15.4. The first-order valence-electron chi connectivity index (χ1n) is 10.9. The molecule has 3 amide bonds. The van der Waals surface area contributed by atoms with Crippen LogP contribution in [0.25, 0.3) is 22.4 Å². The maximum Gasteiger partial charge on any atom is 0.322 e. The highest BCUT2D eigenvalue weighted by molar-refractivity contribution is 6.00. The number of fused-ring (bicyclic) bond motifs is 1. The van der Waals surface area contributed by atoms with E-state index < -0.39 is 11.7 Å². The van der Waals surface area contributed by atoms with Crippen LogP contribution in [0.3, 0.4) is 0 Å². The van der Waals surface area contributed by atoms with Crippen molar-refractivity contribution in [1.29, 1.82) is 0 Å². The molecule has 170 valence electrons. The quantitative estimate of drug-likeness (QED) is 0.474. The van der Waals surface area contributed by atoms with E-state index in [0.29, 0.717) is 35.7 Å². The zero-order valence-corrected chi connectivity index (χ0v) is 18.2. The van der Waals surface area contributed by atoms with Gasteiger partial charge in [0.05, 0.1) is 24.3 Å². The topological polar surface area (TPSA) is 93.2 Å². The fourth-order valence-electron chi connectivity index (χ4n) is 4.17. The molecule has 0 radical (unpaired) electrons. The van der Waals surface area contributed by atoms with Gasteiger partial charge in [-0.25, -0.2) is 9.18 Å². The highest BCUT2D eigenvalue weighted by Crippen LogP contribution is 2.29. The molecule has 1 aliphatic rings. The smallest absolute Gasteiger partial charge is 0.322 e. The lowest BCUT2D eigenvalue weighted by Gasteiger charge is -2.28. The third kappa shape index (κ3) is 4.13. The number of urea groups is 1. The van der Waals surface area contributed by atoms with Crippen LogP contribution in [0, 0.1) is 5.82 Å². The number of carbonyl (C=O) groups excluding carboxylic acids is 2.